The quantitative estimate of drug-likeness (QED) is 0.890. The van der Waals surface area contributed by atoms with Crippen molar-refractivity contribution in [2.24, 2.45) is 0 Å². The summed E-state index contributed by atoms with van der Waals surface area (Å²) in [4.78, 5) is 8.45. The number of hydrogen-bond donors (Lipinski definition) is 1. The Morgan fingerprint density at radius 3 is 3.24 bits per heavy atom. The molecule has 1 saturated heterocycles. The van der Waals surface area contributed by atoms with Gasteiger partial charge in [-0.1, -0.05) is 13.0 Å². The van der Waals surface area contributed by atoms with E-state index in [0.717, 1.165) is 57.2 Å². The number of nitrogens with one attached hydrogen (secondary N) is 1. The van der Waals surface area contributed by atoms with E-state index in [2.05, 4.69) is 44.5 Å². The van der Waals surface area contributed by atoms with Crippen LogP contribution in [0.3, 0.4) is 0 Å². The lowest BCUT2D eigenvalue weighted by Crippen LogP contribution is -2.39. The van der Waals surface area contributed by atoms with Crippen LogP contribution >= 0.6 is 11.3 Å². The molecule has 1 atom stereocenters. The molecule has 0 unspecified atom stereocenters. The fraction of sp³-hybridized carbons (Fsp3) is 0.600. The minimum Gasteiger partial charge on any atom is -0.367 e. The first-order valence-corrected chi connectivity index (χ1v) is 8.50. The molecule has 0 amide bonds. The van der Waals surface area contributed by atoms with Gasteiger partial charge in [-0.15, -0.1) is 11.3 Å². The summed E-state index contributed by atoms with van der Waals surface area (Å²) >= 11 is 1.83. The zero-order valence-electron chi connectivity index (χ0n) is 12.4. The highest BCUT2D eigenvalue weighted by Gasteiger charge is 2.25. The molecular formula is C15H22N4OS. The number of ether oxygens (including phenoxy) is 1. The zero-order valence-corrected chi connectivity index (χ0v) is 13.2. The molecule has 1 fully saturated rings. The van der Waals surface area contributed by atoms with Gasteiger partial charge >= 0.3 is 0 Å². The van der Waals surface area contributed by atoms with E-state index in [1.807, 2.05) is 11.3 Å². The first-order valence-electron chi connectivity index (χ1n) is 7.62. The standard InChI is InChI=1S/C15H22N4OS/c1-2-4-14-16-15(18-17-14)13-11-19(8-9-20-13)7-6-12-5-3-10-21-12/h3,5,10,13H,2,4,6-9,11H2,1H3,(H,16,17,18)/t13-/m0/s1. The van der Waals surface area contributed by atoms with Crippen LogP contribution in [0, 0.1) is 0 Å². The fourth-order valence-corrected chi connectivity index (χ4v) is 3.29. The van der Waals surface area contributed by atoms with Gasteiger partial charge < -0.3 is 4.74 Å². The Morgan fingerprint density at radius 1 is 1.48 bits per heavy atom. The first kappa shape index (κ1) is 14.7. The largest absolute Gasteiger partial charge is 0.367 e. The number of aryl methyl sites for hydroxylation is 1. The Hall–Kier alpha value is -1.24. The monoisotopic (exact) mass is 306 g/mol. The van der Waals surface area contributed by atoms with E-state index in [4.69, 9.17) is 4.74 Å². The molecular weight excluding hydrogens is 284 g/mol. The number of aromatic nitrogens is 3. The van der Waals surface area contributed by atoms with Crippen LogP contribution in [0.25, 0.3) is 0 Å². The Kier molecular flexibility index (Phi) is 5.00. The number of thiophene rings is 1. The van der Waals surface area contributed by atoms with Crippen molar-refractivity contribution in [3.05, 3.63) is 34.0 Å². The smallest absolute Gasteiger partial charge is 0.180 e. The molecule has 2 aromatic heterocycles. The highest BCUT2D eigenvalue weighted by Crippen LogP contribution is 2.20. The highest BCUT2D eigenvalue weighted by molar-refractivity contribution is 7.09. The SMILES string of the molecule is CCCc1nc([C@@H]2CN(CCc3cccs3)CCO2)n[nH]1. The van der Waals surface area contributed by atoms with Crippen LogP contribution in [-0.4, -0.2) is 46.3 Å². The summed E-state index contributed by atoms with van der Waals surface area (Å²) in [6.45, 7) is 5.86. The van der Waals surface area contributed by atoms with Crippen molar-refractivity contribution in [2.75, 3.05) is 26.2 Å². The molecule has 3 rings (SSSR count). The number of hydrogen-bond acceptors (Lipinski definition) is 5. The van der Waals surface area contributed by atoms with Gasteiger partial charge in [-0.2, -0.15) is 5.10 Å². The average molecular weight is 306 g/mol. The van der Waals surface area contributed by atoms with Gasteiger partial charge in [0.25, 0.3) is 0 Å². The molecule has 0 radical (unpaired) electrons. The summed E-state index contributed by atoms with van der Waals surface area (Å²) in [5.41, 5.74) is 0. The molecule has 0 saturated carbocycles. The van der Waals surface area contributed by atoms with Crippen molar-refractivity contribution in [1.82, 2.24) is 20.1 Å². The third-order valence-corrected chi connectivity index (χ3v) is 4.67. The molecule has 21 heavy (non-hydrogen) atoms. The van der Waals surface area contributed by atoms with Gasteiger partial charge in [0, 0.05) is 30.9 Å². The van der Waals surface area contributed by atoms with Crippen LogP contribution in [0.4, 0.5) is 0 Å². The molecule has 6 heteroatoms. The highest BCUT2D eigenvalue weighted by atomic mass is 32.1. The van der Waals surface area contributed by atoms with Crippen molar-refractivity contribution in [2.45, 2.75) is 32.3 Å². The van der Waals surface area contributed by atoms with Gasteiger partial charge in [0.15, 0.2) is 5.82 Å². The minimum absolute atomic E-state index is 0.00365. The number of morpholine rings is 1. The summed E-state index contributed by atoms with van der Waals surface area (Å²) in [5.74, 6) is 1.77. The second-order valence-corrected chi connectivity index (χ2v) is 6.41. The van der Waals surface area contributed by atoms with Crippen LogP contribution in [0.15, 0.2) is 17.5 Å². The molecule has 1 aliphatic rings. The Morgan fingerprint density at radius 2 is 2.43 bits per heavy atom. The normalized spacial score (nSPS) is 20.0. The van der Waals surface area contributed by atoms with Crippen LogP contribution in [-0.2, 0) is 17.6 Å². The van der Waals surface area contributed by atoms with Crippen LogP contribution in [0.2, 0.25) is 0 Å². The van der Waals surface area contributed by atoms with Gasteiger partial charge in [0.1, 0.15) is 11.9 Å². The predicted octanol–water partition coefficient (Wildman–Crippen LogP) is 2.43. The summed E-state index contributed by atoms with van der Waals surface area (Å²) in [5, 5.41) is 9.47. The van der Waals surface area contributed by atoms with E-state index in [0.29, 0.717) is 0 Å². The lowest BCUT2D eigenvalue weighted by atomic mass is 10.2. The van der Waals surface area contributed by atoms with Gasteiger partial charge in [0.05, 0.1) is 6.61 Å². The van der Waals surface area contributed by atoms with Crippen LogP contribution in [0.1, 0.15) is 36.0 Å². The average Bonchev–Trinajstić information content (AvgIpc) is 3.17. The minimum atomic E-state index is 0.00365. The van der Waals surface area contributed by atoms with Gasteiger partial charge in [-0.3, -0.25) is 10.00 Å². The maximum Gasteiger partial charge on any atom is 0.180 e. The molecule has 0 aliphatic carbocycles. The van der Waals surface area contributed by atoms with E-state index in [1.54, 1.807) is 0 Å². The number of H-pyrrole nitrogens is 1. The Bertz CT molecular complexity index is 540. The lowest BCUT2D eigenvalue weighted by Gasteiger charge is -2.31. The predicted molar refractivity (Wildman–Crippen MR) is 83.5 cm³/mol. The fourth-order valence-electron chi connectivity index (χ4n) is 2.59. The van der Waals surface area contributed by atoms with Crippen molar-refractivity contribution >= 4 is 11.3 Å². The lowest BCUT2D eigenvalue weighted by molar-refractivity contribution is -0.0337. The maximum atomic E-state index is 5.84. The molecule has 2 aromatic rings. The second kappa shape index (κ2) is 7.15. The van der Waals surface area contributed by atoms with Crippen LogP contribution < -0.4 is 0 Å². The Labute approximate surface area is 129 Å². The van der Waals surface area contributed by atoms with Crippen molar-refractivity contribution in [3.8, 4) is 0 Å². The van der Waals surface area contributed by atoms with Crippen molar-refractivity contribution < 1.29 is 4.74 Å². The summed E-state index contributed by atoms with van der Waals surface area (Å²) < 4.78 is 5.84. The van der Waals surface area contributed by atoms with Crippen molar-refractivity contribution in [1.29, 1.82) is 0 Å². The summed E-state index contributed by atoms with van der Waals surface area (Å²) in [7, 11) is 0. The number of nitrogens with zero attached hydrogens (tertiary/aromatic N) is 3. The van der Waals surface area contributed by atoms with E-state index >= 15 is 0 Å². The second-order valence-electron chi connectivity index (χ2n) is 5.38. The van der Waals surface area contributed by atoms with Gasteiger partial charge in [0.2, 0.25) is 0 Å². The van der Waals surface area contributed by atoms with Crippen molar-refractivity contribution in [3.63, 3.8) is 0 Å². The molecule has 0 bridgehead atoms. The number of rotatable bonds is 6. The molecule has 0 aromatic carbocycles. The third-order valence-electron chi connectivity index (χ3n) is 3.73. The molecule has 5 nitrogen and oxygen atoms in total. The van der Waals surface area contributed by atoms with E-state index in [1.165, 1.54) is 4.88 Å². The first-order chi connectivity index (χ1) is 10.3. The summed E-state index contributed by atoms with van der Waals surface area (Å²) in [6.07, 6.45) is 3.14. The topological polar surface area (TPSA) is 54.0 Å². The van der Waals surface area contributed by atoms with E-state index < -0.39 is 0 Å². The number of aromatic amines is 1. The van der Waals surface area contributed by atoms with Gasteiger partial charge in [-0.05, 0) is 24.3 Å². The van der Waals surface area contributed by atoms with E-state index in [9.17, 15) is 0 Å². The maximum absolute atomic E-state index is 5.84. The Balaban J connectivity index is 1.54. The molecule has 114 valence electrons. The van der Waals surface area contributed by atoms with Gasteiger partial charge in [-0.25, -0.2) is 4.98 Å². The third kappa shape index (κ3) is 3.90. The summed E-state index contributed by atoms with van der Waals surface area (Å²) in [6, 6.07) is 4.32. The zero-order chi connectivity index (χ0) is 14.5. The molecule has 0 spiro atoms. The molecule has 1 aliphatic heterocycles. The molecule has 3 heterocycles. The van der Waals surface area contributed by atoms with E-state index in [-0.39, 0.29) is 6.10 Å². The molecule has 1 N–H and O–H groups in total. The van der Waals surface area contributed by atoms with Crippen LogP contribution in [0.5, 0.6) is 0 Å².